The van der Waals surface area contributed by atoms with Gasteiger partial charge in [0.1, 0.15) is 6.10 Å². The molecule has 5 atom stereocenters. The molecule has 1 saturated heterocycles. The van der Waals surface area contributed by atoms with E-state index >= 15 is 0 Å². The summed E-state index contributed by atoms with van der Waals surface area (Å²) in [4.78, 5) is 39.1. The van der Waals surface area contributed by atoms with E-state index in [1.807, 2.05) is 36.4 Å². The lowest BCUT2D eigenvalue weighted by molar-refractivity contribution is -0.209. The number of alkyl halides is 3. The summed E-state index contributed by atoms with van der Waals surface area (Å²) < 4.78 is 46.7. The molecule has 3 aliphatic rings. The normalized spacial score (nSPS) is 23.9. The molecule has 0 unspecified atom stereocenters. The van der Waals surface area contributed by atoms with Gasteiger partial charge in [-0.3, -0.25) is 4.79 Å². The fourth-order valence-corrected chi connectivity index (χ4v) is 7.02. The number of esters is 1. The van der Waals surface area contributed by atoms with E-state index in [0.717, 1.165) is 30.5 Å². The average molecular weight is 693 g/mol. The number of anilines is 2. The molecule has 2 saturated carbocycles. The lowest BCUT2D eigenvalue weighted by atomic mass is 9.84. The van der Waals surface area contributed by atoms with Crippen LogP contribution < -0.4 is 21.3 Å². The molecule has 5 N–H and O–H groups in total. The van der Waals surface area contributed by atoms with Gasteiger partial charge in [0.2, 0.25) is 11.9 Å². The van der Waals surface area contributed by atoms with Crippen molar-refractivity contribution in [2.24, 2.45) is 5.92 Å². The Morgan fingerprint density at radius 3 is 2.32 bits per heavy atom. The van der Waals surface area contributed by atoms with Crippen molar-refractivity contribution < 1.29 is 32.6 Å². The number of halogens is 3. The van der Waals surface area contributed by atoms with Crippen LogP contribution in [0.1, 0.15) is 55.2 Å². The summed E-state index contributed by atoms with van der Waals surface area (Å²) >= 11 is 0. The minimum Gasteiger partial charge on any atom is -0.451 e. The lowest BCUT2D eigenvalue weighted by Crippen LogP contribution is -2.47. The first-order chi connectivity index (χ1) is 24.2. The first-order valence-corrected chi connectivity index (χ1v) is 17.0. The van der Waals surface area contributed by atoms with Gasteiger partial charge in [-0.1, -0.05) is 67.1 Å². The van der Waals surface area contributed by atoms with Gasteiger partial charge in [0.15, 0.2) is 23.1 Å². The fraction of sp³-hybridized carbons (Fsp3) is 0.457. The van der Waals surface area contributed by atoms with Crippen LogP contribution in [-0.4, -0.2) is 86.6 Å². The fourth-order valence-electron chi connectivity index (χ4n) is 7.02. The number of imidazole rings is 1. The summed E-state index contributed by atoms with van der Waals surface area (Å²) in [6, 6.07) is 18.1. The van der Waals surface area contributed by atoms with Gasteiger partial charge in [-0.25, -0.2) is 9.78 Å². The van der Waals surface area contributed by atoms with Crippen LogP contribution in [0.25, 0.3) is 11.2 Å². The topological polar surface area (TPSA) is 155 Å². The number of aliphatic hydroxyl groups is 1. The third-order valence-electron chi connectivity index (χ3n) is 9.95. The molecule has 2 aromatic heterocycles. The molecular formula is C35H39F3N8O4. The van der Waals surface area contributed by atoms with Crippen LogP contribution in [0.4, 0.5) is 24.9 Å². The highest BCUT2D eigenvalue weighted by Gasteiger charge is 2.51. The van der Waals surface area contributed by atoms with Gasteiger partial charge in [0.25, 0.3) is 0 Å². The third-order valence-corrected chi connectivity index (χ3v) is 9.95. The molecule has 1 aliphatic heterocycles. The Morgan fingerprint density at radius 1 is 1.02 bits per heavy atom. The largest absolute Gasteiger partial charge is 0.490 e. The van der Waals surface area contributed by atoms with E-state index in [-0.39, 0.29) is 41.8 Å². The number of nitrogens with zero attached hydrogens (tertiary/aromatic N) is 4. The van der Waals surface area contributed by atoms with Gasteiger partial charge in [0, 0.05) is 31.0 Å². The van der Waals surface area contributed by atoms with Gasteiger partial charge >= 0.3 is 12.1 Å². The van der Waals surface area contributed by atoms with Gasteiger partial charge < -0.3 is 35.7 Å². The first kappa shape index (κ1) is 33.7. The minimum absolute atomic E-state index is 0.0208. The zero-order valence-corrected chi connectivity index (χ0v) is 27.1. The van der Waals surface area contributed by atoms with Crippen LogP contribution in [0.3, 0.4) is 0 Å². The van der Waals surface area contributed by atoms with Crippen LogP contribution in [0.5, 0.6) is 0 Å². The molecule has 2 aliphatic carbocycles. The molecule has 7 rings (SSSR count). The predicted molar refractivity (Wildman–Crippen MR) is 178 cm³/mol. The smallest absolute Gasteiger partial charge is 0.451 e. The molecule has 264 valence electrons. The van der Waals surface area contributed by atoms with Gasteiger partial charge in [-0.05, 0) is 43.4 Å². The minimum atomic E-state index is -5.28. The third kappa shape index (κ3) is 7.10. The van der Waals surface area contributed by atoms with E-state index in [9.17, 15) is 27.9 Å². The number of nitrogens with one attached hydrogen (secondary N) is 4. The molecule has 12 nitrogen and oxygen atoms in total. The number of amides is 1. The average Bonchev–Trinajstić information content (AvgIpc) is 3.81. The Hall–Kier alpha value is -4.76. The number of hydrogen-bond acceptors (Lipinski definition) is 10. The van der Waals surface area contributed by atoms with Crippen LogP contribution in [0.2, 0.25) is 0 Å². The van der Waals surface area contributed by atoms with Gasteiger partial charge in [-0.15, -0.1) is 0 Å². The number of hydrogen-bond donors (Lipinski definition) is 5. The summed E-state index contributed by atoms with van der Waals surface area (Å²) in [5.74, 6) is -2.31. The van der Waals surface area contributed by atoms with E-state index in [2.05, 4.69) is 50.5 Å². The number of rotatable bonds is 11. The summed E-state index contributed by atoms with van der Waals surface area (Å²) in [5, 5.41) is 24.1. The monoisotopic (exact) mass is 692 g/mol. The second-order valence-corrected chi connectivity index (χ2v) is 13.2. The zero-order valence-electron chi connectivity index (χ0n) is 27.1. The Bertz CT molecular complexity index is 1760. The van der Waals surface area contributed by atoms with Crippen molar-refractivity contribution in [1.82, 2.24) is 30.2 Å². The summed E-state index contributed by atoms with van der Waals surface area (Å²) in [5.41, 5.74) is 2.78. The highest BCUT2D eigenvalue weighted by molar-refractivity contribution is 5.85. The highest BCUT2D eigenvalue weighted by atomic mass is 19.4. The van der Waals surface area contributed by atoms with Crippen LogP contribution in [-0.2, 0) is 14.3 Å². The summed E-state index contributed by atoms with van der Waals surface area (Å²) in [6.45, 7) is 1.94. The summed E-state index contributed by atoms with van der Waals surface area (Å²) in [6.07, 6.45) is -4.01. The second-order valence-electron chi connectivity index (χ2n) is 13.2. The van der Waals surface area contributed by atoms with E-state index in [1.165, 1.54) is 10.9 Å². The van der Waals surface area contributed by atoms with E-state index in [0.29, 0.717) is 37.3 Å². The van der Waals surface area contributed by atoms with Crippen LogP contribution in [0.15, 0.2) is 67.0 Å². The number of fused-ring (bicyclic) bond motifs is 1. The van der Waals surface area contributed by atoms with E-state index in [1.54, 1.807) is 0 Å². The lowest BCUT2D eigenvalue weighted by Gasteiger charge is -2.27. The van der Waals surface area contributed by atoms with Crippen molar-refractivity contribution in [2.75, 3.05) is 30.3 Å². The maximum absolute atomic E-state index is 13.4. The molecule has 15 heteroatoms. The highest BCUT2D eigenvalue weighted by Crippen LogP contribution is 2.38. The van der Waals surface area contributed by atoms with Crippen molar-refractivity contribution in [3.63, 3.8) is 0 Å². The number of aromatic nitrogens is 4. The molecular weight excluding hydrogens is 653 g/mol. The Kier molecular flexibility index (Phi) is 9.60. The van der Waals surface area contributed by atoms with Gasteiger partial charge in [-0.2, -0.15) is 23.1 Å². The van der Waals surface area contributed by atoms with E-state index in [4.69, 9.17) is 14.7 Å². The SMILES string of the molecule is O=C(N[C@H]1C[C@@H](n2cnc3c(NCC(c4ccccc4)c4ccccc4)nc(N[C@@H]4CCNC4)nc32)[C@H](OC(=O)C(F)(F)F)[C@@H]1O)C1CCC1. The van der Waals surface area contributed by atoms with Gasteiger partial charge in [0.05, 0.1) is 18.4 Å². The van der Waals surface area contributed by atoms with Crippen molar-refractivity contribution in [1.29, 1.82) is 0 Å². The molecule has 1 amide bonds. The Balaban J connectivity index is 1.24. The standard InChI is InChI=1S/C35H39F3N8O4/c36-35(37,38)33(49)50-29-26(16-25(28(29)47)43-32(48)22-12-7-13-22)46-19-41-27-30(44-34(45-31(27)46)42-23-14-15-39-17-23)40-18-24(20-8-3-1-4-9-20)21-10-5-2-6-11-21/h1-6,8-11,19,22-26,28-29,39,47H,7,12-18H2,(H,43,48)(H2,40,42,44,45)/t23-,25+,26-,28-,29+/m1/s1. The second kappa shape index (κ2) is 14.2. The molecule has 50 heavy (non-hydrogen) atoms. The number of ether oxygens (including phenoxy) is 1. The van der Waals surface area contributed by atoms with Crippen molar-refractivity contribution in [2.45, 2.75) is 74.5 Å². The zero-order chi connectivity index (χ0) is 34.8. The molecule has 0 bridgehead atoms. The van der Waals surface area contributed by atoms with E-state index < -0.39 is 36.4 Å². The maximum atomic E-state index is 13.4. The molecule has 0 spiro atoms. The quantitative estimate of drug-likeness (QED) is 0.146. The molecule has 4 aromatic rings. The molecule has 3 fully saturated rings. The van der Waals surface area contributed by atoms with Crippen molar-refractivity contribution >= 4 is 34.8 Å². The van der Waals surface area contributed by atoms with Crippen molar-refractivity contribution in [3.8, 4) is 0 Å². The number of carbonyl (C=O) groups is 2. The maximum Gasteiger partial charge on any atom is 0.490 e. The Labute approximate surface area is 286 Å². The predicted octanol–water partition coefficient (Wildman–Crippen LogP) is 3.91. The van der Waals surface area contributed by atoms with Crippen molar-refractivity contribution in [3.05, 3.63) is 78.1 Å². The molecule has 0 radical (unpaired) electrons. The Morgan fingerprint density at radius 2 is 1.72 bits per heavy atom. The molecule has 3 heterocycles. The van der Waals surface area contributed by atoms with Crippen LogP contribution >= 0.6 is 0 Å². The first-order valence-electron chi connectivity index (χ1n) is 17.0. The van der Waals surface area contributed by atoms with Crippen LogP contribution in [0, 0.1) is 5.92 Å². The summed E-state index contributed by atoms with van der Waals surface area (Å²) in [7, 11) is 0. The molecule has 2 aromatic carbocycles. The number of aliphatic hydroxyl groups excluding tert-OH is 1. The number of carbonyl (C=O) groups excluding carboxylic acids is 2. The number of benzene rings is 2.